The van der Waals surface area contributed by atoms with Crippen molar-refractivity contribution in [2.45, 2.75) is 38.1 Å². The van der Waals surface area contributed by atoms with Gasteiger partial charge in [-0.15, -0.1) is 0 Å². The molecule has 1 aliphatic heterocycles. The van der Waals surface area contributed by atoms with Crippen LogP contribution in [-0.4, -0.2) is 41.5 Å². The van der Waals surface area contributed by atoms with E-state index < -0.39 is 18.5 Å². The molecule has 138 valence electrons. The minimum absolute atomic E-state index is 0.137. The number of benzene rings is 1. The number of hydrogen-bond donors (Lipinski definition) is 2. The van der Waals surface area contributed by atoms with Crippen molar-refractivity contribution < 1.29 is 37.4 Å². The first-order valence-corrected chi connectivity index (χ1v) is 7.33. The van der Waals surface area contributed by atoms with Crippen LogP contribution in [0.1, 0.15) is 18.9 Å². The van der Waals surface area contributed by atoms with Gasteiger partial charge in [0.15, 0.2) is 5.78 Å². The van der Waals surface area contributed by atoms with Crippen LogP contribution < -0.4 is 5.73 Å². The molecule has 1 aromatic carbocycles. The van der Waals surface area contributed by atoms with E-state index in [0.717, 1.165) is 5.56 Å². The highest BCUT2D eigenvalue weighted by Gasteiger charge is 2.40. The first-order valence-electron chi connectivity index (χ1n) is 7.33. The standard InChI is InChI=1S/C14H17NO4.C2HF3O/c1-8-11(14(18)19-8)7-13(17)12(15)6-9-2-4-10(16)5-3-9;3-2(4,5)1-6/h2-5,8,11-12,16H,6-7,15H2,1H3;1H/t8-,11+,12+;/m1./s1. The Bertz CT molecular complexity index is 615. The molecule has 1 heterocycles. The Morgan fingerprint density at radius 1 is 1.36 bits per heavy atom. The lowest BCUT2D eigenvalue weighted by Crippen LogP contribution is -2.46. The number of carbonyl (C=O) groups excluding carboxylic acids is 3. The summed E-state index contributed by atoms with van der Waals surface area (Å²) in [5.41, 5.74) is 6.72. The van der Waals surface area contributed by atoms with Crippen molar-refractivity contribution in [2.24, 2.45) is 11.7 Å². The molecule has 0 radical (unpaired) electrons. The average molecular weight is 361 g/mol. The third-order valence-electron chi connectivity index (χ3n) is 3.53. The number of cyclic esters (lactones) is 1. The number of phenols is 1. The maximum atomic E-state index is 11.9. The Hall–Kier alpha value is -2.42. The predicted octanol–water partition coefficient (Wildman–Crippen LogP) is 1.53. The molecule has 1 saturated heterocycles. The zero-order valence-electron chi connectivity index (χ0n) is 13.3. The SMILES string of the molecule is C[C@H]1OC(=O)[C@H]1CC(=O)[C@@H](N)Cc1ccc(O)cc1.O=CC(F)(F)F. The number of Topliss-reactive ketones (excluding diaryl/α,β-unsaturated/α-hetero) is 1. The number of carbonyl (C=O) groups is 3. The molecule has 0 amide bonds. The summed E-state index contributed by atoms with van der Waals surface area (Å²) in [6, 6.07) is 5.92. The molecule has 3 N–H and O–H groups in total. The van der Waals surface area contributed by atoms with E-state index in [2.05, 4.69) is 0 Å². The number of phenolic OH excluding ortho intramolecular Hbond substituents is 1. The zero-order chi connectivity index (χ0) is 19.2. The highest BCUT2D eigenvalue weighted by Crippen LogP contribution is 2.25. The molecule has 3 atom stereocenters. The van der Waals surface area contributed by atoms with Gasteiger partial charge in [-0.3, -0.25) is 14.4 Å². The molecular weight excluding hydrogens is 343 g/mol. The van der Waals surface area contributed by atoms with E-state index in [1.54, 1.807) is 31.2 Å². The van der Waals surface area contributed by atoms with E-state index in [1.165, 1.54) is 0 Å². The van der Waals surface area contributed by atoms with Gasteiger partial charge in [0.1, 0.15) is 17.8 Å². The second-order valence-corrected chi connectivity index (χ2v) is 5.56. The summed E-state index contributed by atoms with van der Waals surface area (Å²) in [6.07, 6.45) is -5.36. The van der Waals surface area contributed by atoms with Crippen LogP contribution in [-0.2, 0) is 25.5 Å². The topological polar surface area (TPSA) is 107 Å². The molecule has 2 rings (SSSR count). The van der Waals surface area contributed by atoms with Crippen LogP contribution in [0.5, 0.6) is 5.75 Å². The quantitative estimate of drug-likeness (QED) is 0.608. The van der Waals surface area contributed by atoms with Gasteiger partial charge in [0.25, 0.3) is 0 Å². The first kappa shape index (κ1) is 20.6. The normalized spacial score (nSPS) is 20.4. The first-order chi connectivity index (χ1) is 11.5. The molecular formula is C16H18F3NO5. The molecule has 1 aromatic rings. The van der Waals surface area contributed by atoms with Gasteiger partial charge >= 0.3 is 12.1 Å². The number of hydrogen-bond acceptors (Lipinski definition) is 6. The summed E-state index contributed by atoms with van der Waals surface area (Å²) in [5, 5.41) is 9.17. The van der Waals surface area contributed by atoms with Crippen LogP contribution in [0.3, 0.4) is 0 Å². The fourth-order valence-electron chi connectivity index (χ4n) is 2.09. The number of rotatable bonds is 5. The number of aldehydes is 1. The van der Waals surface area contributed by atoms with E-state index in [0.29, 0.717) is 6.42 Å². The molecule has 25 heavy (non-hydrogen) atoms. The van der Waals surface area contributed by atoms with Gasteiger partial charge in [0.2, 0.25) is 6.29 Å². The summed E-state index contributed by atoms with van der Waals surface area (Å²) in [5.74, 6) is -0.632. The van der Waals surface area contributed by atoms with Gasteiger partial charge in [0, 0.05) is 6.42 Å². The predicted molar refractivity (Wildman–Crippen MR) is 80.6 cm³/mol. The van der Waals surface area contributed by atoms with Crippen LogP contribution in [0.4, 0.5) is 13.2 Å². The third-order valence-corrected chi connectivity index (χ3v) is 3.53. The van der Waals surface area contributed by atoms with Crippen molar-refractivity contribution in [1.82, 2.24) is 0 Å². The minimum Gasteiger partial charge on any atom is -0.508 e. The Labute approximate surface area is 141 Å². The number of halogens is 3. The summed E-state index contributed by atoms with van der Waals surface area (Å²) < 4.78 is 36.1. The Kier molecular flexibility index (Phi) is 7.10. The summed E-state index contributed by atoms with van der Waals surface area (Å²) >= 11 is 0. The number of nitrogens with two attached hydrogens (primary N) is 1. The second kappa shape index (κ2) is 8.61. The highest BCUT2D eigenvalue weighted by atomic mass is 19.4. The number of esters is 1. The summed E-state index contributed by atoms with van der Waals surface area (Å²) in [6.45, 7) is 1.77. The van der Waals surface area contributed by atoms with Gasteiger partial charge in [0.05, 0.1) is 6.04 Å². The molecule has 0 aromatic heterocycles. The molecule has 9 heteroatoms. The smallest absolute Gasteiger partial charge is 0.446 e. The number of alkyl halides is 3. The maximum absolute atomic E-state index is 11.9. The Morgan fingerprint density at radius 3 is 2.28 bits per heavy atom. The molecule has 0 bridgehead atoms. The number of aromatic hydroxyl groups is 1. The van der Waals surface area contributed by atoms with Gasteiger partial charge in [-0.05, 0) is 31.0 Å². The molecule has 0 unspecified atom stereocenters. The minimum atomic E-state index is -4.64. The Balaban J connectivity index is 0.000000450. The lowest BCUT2D eigenvalue weighted by molar-refractivity contribution is -0.183. The van der Waals surface area contributed by atoms with Crippen LogP contribution in [0.2, 0.25) is 0 Å². The van der Waals surface area contributed by atoms with Crippen LogP contribution in [0, 0.1) is 5.92 Å². The van der Waals surface area contributed by atoms with Crippen LogP contribution in [0.25, 0.3) is 0 Å². The molecule has 1 aliphatic rings. The van der Waals surface area contributed by atoms with Crippen molar-refractivity contribution in [3.05, 3.63) is 29.8 Å². The van der Waals surface area contributed by atoms with Crippen molar-refractivity contribution in [2.75, 3.05) is 0 Å². The fraction of sp³-hybridized carbons (Fsp3) is 0.438. The monoisotopic (exact) mass is 361 g/mol. The summed E-state index contributed by atoms with van der Waals surface area (Å²) in [7, 11) is 0. The fourth-order valence-corrected chi connectivity index (χ4v) is 2.09. The van der Waals surface area contributed by atoms with E-state index in [4.69, 9.17) is 20.4 Å². The number of ether oxygens (including phenoxy) is 1. The molecule has 0 aliphatic carbocycles. The molecule has 6 nitrogen and oxygen atoms in total. The molecule has 1 fully saturated rings. The van der Waals surface area contributed by atoms with E-state index in [-0.39, 0.29) is 35.9 Å². The molecule has 0 saturated carbocycles. The van der Waals surface area contributed by atoms with Crippen LogP contribution in [0.15, 0.2) is 24.3 Å². The zero-order valence-corrected chi connectivity index (χ0v) is 13.3. The highest BCUT2D eigenvalue weighted by molar-refractivity contribution is 5.90. The third kappa shape index (κ3) is 6.92. The lowest BCUT2D eigenvalue weighted by Gasteiger charge is -2.32. The molecule has 0 spiro atoms. The van der Waals surface area contributed by atoms with Gasteiger partial charge < -0.3 is 15.6 Å². The second-order valence-electron chi connectivity index (χ2n) is 5.56. The Morgan fingerprint density at radius 2 is 1.88 bits per heavy atom. The lowest BCUT2D eigenvalue weighted by atomic mass is 9.89. The maximum Gasteiger partial charge on any atom is 0.446 e. The van der Waals surface area contributed by atoms with Gasteiger partial charge in [-0.1, -0.05) is 12.1 Å². The van der Waals surface area contributed by atoms with Gasteiger partial charge in [-0.25, -0.2) is 0 Å². The van der Waals surface area contributed by atoms with Crippen LogP contribution >= 0.6 is 0 Å². The van der Waals surface area contributed by atoms with E-state index in [1.807, 2.05) is 0 Å². The average Bonchev–Trinajstić information content (AvgIpc) is 2.54. The number of ketones is 1. The van der Waals surface area contributed by atoms with Crippen molar-refractivity contribution in [3.8, 4) is 5.75 Å². The van der Waals surface area contributed by atoms with Crippen molar-refractivity contribution >= 4 is 18.0 Å². The van der Waals surface area contributed by atoms with Crippen molar-refractivity contribution in [3.63, 3.8) is 0 Å². The largest absolute Gasteiger partial charge is 0.508 e. The summed E-state index contributed by atoms with van der Waals surface area (Å²) in [4.78, 5) is 31.8. The van der Waals surface area contributed by atoms with E-state index in [9.17, 15) is 22.8 Å². The van der Waals surface area contributed by atoms with Gasteiger partial charge in [-0.2, -0.15) is 13.2 Å². The van der Waals surface area contributed by atoms with E-state index >= 15 is 0 Å². The van der Waals surface area contributed by atoms with Crippen molar-refractivity contribution in [1.29, 1.82) is 0 Å².